The number of ether oxygens (including phenoxy) is 2. The first-order valence-electron chi connectivity index (χ1n) is 9.87. The van der Waals surface area contributed by atoms with Crippen LogP contribution < -0.4 is 14.8 Å². The van der Waals surface area contributed by atoms with Crippen LogP contribution >= 0.6 is 11.6 Å². The van der Waals surface area contributed by atoms with E-state index in [1.807, 2.05) is 63.4 Å². The number of aromatic nitrogens is 2. The molecule has 1 amide bonds. The Kier molecular flexibility index (Phi) is 5.43. The van der Waals surface area contributed by atoms with E-state index < -0.39 is 0 Å². The molecule has 1 N–H and O–H groups in total. The fourth-order valence-corrected chi connectivity index (χ4v) is 3.95. The zero-order valence-electron chi connectivity index (χ0n) is 17.4. The molecule has 1 atom stereocenters. The lowest BCUT2D eigenvalue weighted by Gasteiger charge is -2.25. The van der Waals surface area contributed by atoms with E-state index in [-0.39, 0.29) is 17.9 Å². The molecule has 1 aliphatic rings. The van der Waals surface area contributed by atoms with Gasteiger partial charge in [0.05, 0.1) is 25.1 Å². The highest BCUT2D eigenvalue weighted by molar-refractivity contribution is 6.31. The summed E-state index contributed by atoms with van der Waals surface area (Å²) in [5.41, 5.74) is 3.66. The highest BCUT2D eigenvalue weighted by atomic mass is 35.5. The molecule has 6 nitrogen and oxygen atoms in total. The van der Waals surface area contributed by atoms with Crippen molar-refractivity contribution < 1.29 is 14.3 Å². The summed E-state index contributed by atoms with van der Waals surface area (Å²) >= 11 is 6.30. The van der Waals surface area contributed by atoms with Gasteiger partial charge in [-0.25, -0.2) is 4.68 Å². The maximum absolute atomic E-state index is 12.6. The maximum atomic E-state index is 12.6. The second-order valence-electron chi connectivity index (χ2n) is 7.63. The highest BCUT2D eigenvalue weighted by Gasteiger charge is 2.31. The van der Waals surface area contributed by atoms with Crippen molar-refractivity contribution >= 4 is 23.3 Å². The maximum Gasteiger partial charge on any atom is 0.226 e. The normalized spacial score (nSPS) is 15.7. The lowest BCUT2D eigenvalue weighted by molar-refractivity contribution is -0.116. The molecule has 0 unspecified atom stereocenters. The molecular weight excluding hydrogens is 402 g/mol. The lowest BCUT2D eigenvalue weighted by Crippen LogP contribution is -2.24. The number of nitrogens with zero attached hydrogens (tertiary/aromatic N) is 2. The minimum absolute atomic E-state index is 0.0379. The number of hydrogen-bond acceptors (Lipinski definition) is 4. The van der Waals surface area contributed by atoms with Gasteiger partial charge < -0.3 is 14.8 Å². The van der Waals surface area contributed by atoms with Crippen LogP contribution in [0, 0.1) is 6.92 Å². The van der Waals surface area contributed by atoms with Gasteiger partial charge in [0, 0.05) is 22.9 Å². The van der Waals surface area contributed by atoms with Crippen LogP contribution in [0.4, 0.5) is 5.82 Å². The fourth-order valence-electron chi connectivity index (χ4n) is 3.78. The van der Waals surface area contributed by atoms with Crippen molar-refractivity contribution in [3.8, 4) is 17.2 Å². The predicted molar refractivity (Wildman–Crippen MR) is 117 cm³/mol. The van der Waals surface area contributed by atoms with Crippen molar-refractivity contribution in [1.29, 1.82) is 0 Å². The zero-order valence-corrected chi connectivity index (χ0v) is 18.2. The SMILES string of the molecule is COc1cc([C@H]2CC(=O)Nc3c2cnn3-c2cccc(Cl)c2C)ccc1OC(C)C. The standard InChI is InChI=1S/C23H24ClN3O3/c1-13(2)30-20-9-8-15(10-21(20)29-4)16-11-22(28)26-23-17(16)12-25-27(23)19-7-5-6-18(24)14(19)3/h5-10,12-13,16H,11H2,1-4H3,(H,26,28)/t16-/m1/s1. The molecule has 0 spiro atoms. The lowest BCUT2D eigenvalue weighted by atomic mass is 9.87. The van der Waals surface area contributed by atoms with Crippen molar-refractivity contribution in [2.24, 2.45) is 0 Å². The molecule has 0 aliphatic carbocycles. The molecule has 1 aliphatic heterocycles. The van der Waals surface area contributed by atoms with Crippen molar-refractivity contribution in [3.05, 3.63) is 64.3 Å². The van der Waals surface area contributed by atoms with Gasteiger partial charge in [-0.1, -0.05) is 23.7 Å². The second-order valence-corrected chi connectivity index (χ2v) is 8.03. The summed E-state index contributed by atoms with van der Waals surface area (Å²) in [6, 6.07) is 11.5. The predicted octanol–water partition coefficient (Wildman–Crippen LogP) is 5.10. The summed E-state index contributed by atoms with van der Waals surface area (Å²) in [7, 11) is 1.62. The molecular formula is C23H24ClN3O3. The second kappa shape index (κ2) is 8.03. The number of rotatable bonds is 5. The first-order chi connectivity index (χ1) is 14.4. The third kappa shape index (κ3) is 3.63. The molecule has 0 fully saturated rings. The molecule has 0 radical (unpaired) electrons. The van der Waals surface area contributed by atoms with Crippen molar-refractivity contribution in [2.75, 3.05) is 12.4 Å². The van der Waals surface area contributed by atoms with Gasteiger partial charge in [-0.05, 0) is 56.2 Å². The topological polar surface area (TPSA) is 65.4 Å². The smallest absolute Gasteiger partial charge is 0.226 e. The number of nitrogens with one attached hydrogen (secondary N) is 1. The number of amides is 1. The first kappa shape index (κ1) is 20.3. The van der Waals surface area contributed by atoms with Gasteiger partial charge in [-0.15, -0.1) is 0 Å². The number of carbonyl (C=O) groups is 1. The number of fused-ring (bicyclic) bond motifs is 1. The summed E-state index contributed by atoms with van der Waals surface area (Å²) < 4.78 is 13.1. The van der Waals surface area contributed by atoms with Crippen molar-refractivity contribution in [2.45, 2.75) is 39.2 Å². The van der Waals surface area contributed by atoms with Crippen LogP contribution in [0.15, 0.2) is 42.6 Å². The number of carbonyl (C=O) groups excluding carboxylic acids is 1. The van der Waals surface area contributed by atoms with E-state index in [0.717, 1.165) is 22.4 Å². The zero-order chi connectivity index (χ0) is 21.4. The van der Waals surface area contributed by atoms with E-state index in [1.54, 1.807) is 11.8 Å². The molecule has 3 aromatic rings. The summed E-state index contributed by atoms with van der Waals surface area (Å²) in [6.45, 7) is 5.88. The molecule has 0 bridgehead atoms. The van der Waals surface area contributed by atoms with E-state index in [2.05, 4.69) is 10.4 Å². The van der Waals surface area contributed by atoms with E-state index >= 15 is 0 Å². The third-order valence-corrected chi connectivity index (χ3v) is 5.65. The third-order valence-electron chi connectivity index (χ3n) is 5.24. The number of anilines is 1. The summed E-state index contributed by atoms with van der Waals surface area (Å²) in [6.07, 6.45) is 2.18. The minimum atomic E-state index is -0.135. The van der Waals surface area contributed by atoms with Gasteiger partial charge in [0.15, 0.2) is 11.5 Å². The van der Waals surface area contributed by atoms with E-state index in [1.165, 1.54) is 0 Å². The number of halogens is 1. The fraction of sp³-hybridized carbons (Fsp3) is 0.304. The van der Waals surface area contributed by atoms with Crippen LogP contribution in [0.1, 0.15) is 42.9 Å². The number of methoxy groups -OCH3 is 1. The molecule has 0 saturated carbocycles. The van der Waals surface area contributed by atoms with Gasteiger partial charge >= 0.3 is 0 Å². The molecule has 4 rings (SSSR count). The quantitative estimate of drug-likeness (QED) is 0.617. The molecule has 2 aromatic carbocycles. The summed E-state index contributed by atoms with van der Waals surface area (Å²) in [4.78, 5) is 12.6. The van der Waals surface area contributed by atoms with Gasteiger partial charge in [0.2, 0.25) is 5.91 Å². The Bertz CT molecular complexity index is 1110. The number of benzene rings is 2. The first-order valence-corrected chi connectivity index (χ1v) is 10.2. The van der Waals surface area contributed by atoms with E-state index in [4.69, 9.17) is 21.1 Å². The van der Waals surface area contributed by atoms with Gasteiger partial charge in [0.1, 0.15) is 5.82 Å². The highest BCUT2D eigenvalue weighted by Crippen LogP contribution is 2.41. The van der Waals surface area contributed by atoms with E-state index in [0.29, 0.717) is 28.8 Å². The molecule has 1 aromatic heterocycles. The van der Waals surface area contributed by atoms with Gasteiger partial charge in [0.25, 0.3) is 0 Å². The Labute approximate surface area is 180 Å². The Morgan fingerprint density at radius 1 is 1.23 bits per heavy atom. The van der Waals surface area contributed by atoms with Crippen LogP contribution in [0.25, 0.3) is 5.69 Å². The number of hydrogen-bond donors (Lipinski definition) is 1. The Morgan fingerprint density at radius 2 is 2.03 bits per heavy atom. The minimum Gasteiger partial charge on any atom is -0.493 e. The Balaban J connectivity index is 1.78. The largest absolute Gasteiger partial charge is 0.493 e. The van der Waals surface area contributed by atoms with Crippen molar-refractivity contribution in [3.63, 3.8) is 0 Å². The summed E-state index contributed by atoms with van der Waals surface area (Å²) in [5.74, 6) is 1.80. The van der Waals surface area contributed by atoms with Crippen LogP contribution in [-0.4, -0.2) is 28.9 Å². The van der Waals surface area contributed by atoms with Gasteiger partial charge in [-0.2, -0.15) is 5.10 Å². The van der Waals surface area contributed by atoms with Crippen LogP contribution in [0.3, 0.4) is 0 Å². The Hall–Kier alpha value is -2.99. The van der Waals surface area contributed by atoms with Crippen LogP contribution in [0.5, 0.6) is 11.5 Å². The Morgan fingerprint density at radius 3 is 2.77 bits per heavy atom. The molecule has 156 valence electrons. The van der Waals surface area contributed by atoms with Gasteiger partial charge in [-0.3, -0.25) is 4.79 Å². The molecule has 7 heteroatoms. The molecule has 2 heterocycles. The summed E-state index contributed by atoms with van der Waals surface area (Å²) in [5, 5.41) is 8.20. The average Bonchev–Trinajstić information content (AvgIpc) is 3.13. The average molecular weight is 426 g/mol. The van der Waals surface area contributed by atoms with Crippen molar-refractivity contribution in [1.82, 2.24) is 9.78 Å². The monoisotopic (exact) mass is 425 g/mol. The molecule has 0 saturated heterocycles. The van der Waals surface area contributed by atoms with Crippen LogP contribution in [0.2, 0.25) is 5.02 Å². The van der Waals surface area contributed by atoms with Crippen LogP contribution in [-0.2, 0) is 4.79 Å². The molecule has 30 heavy (non-hydrogen) atoms. The van der Waals surface area contributed by atoms with E-state index in [9.17, 15) is 4.79 Å².